The normalized spacial score (nSPS) is 14.9. The number of hydrogen-bond donors (Lipinski definition) is 2. The van der Waals surface area contributed by atoms with E-state index >= 15 is 0 Å². The fraction of sp³-hybridized carbons (Fsp3) is 0.350. The lowest BCUT2D eigenvalue weighted by Crippen LogP contribution is -2.36. The van der Waals surface area contributed by atoms with Crippen LogP contribution in [0.4, 0.5) is 14.6 Å². The fourth-order valence-electron chi connectivity index (χ4n) is 3.51. The largest absolute Gasteiger partial charge is 0.366 e. The molecule has 1 saturated carbocycles. The van der Waals surface area contributed by atoms with E-state index in [0.717, 1.165) is 31.7 Å². The summed E-state index contributed by atoms with van der Waals surface area (Å²) in [6, 6.07) is 5.89. The molecule has 4 rings (SSSR count). The summed E-state index contributed by atoms with van der Waals surface area (Å²) in [5.41, 5.74) is 1.01. The summed E-state index contributed by atoms with van der Waals surface area (Å²) >= 11 is 0. The molecule has 6 nitrogen and oxygen atoms in total. The maximum absolute atomic E-state index is 13.8. The first-order chi connectivity index (χ1) is 13.6. The molecule has 0 unspecified atom stereocenters. The molecule has 2 heterocycles. The van der Waals surface area contributed by atoms with E-state index < -0.39 is 11.6 Å². The Morgan fingerprint density at radius 2 is 2.00 bits per heavy atom. The summed E-state index contributed by atoms with van der Waals surface area (Å²) in [6.07, 6.45) is 8.62. The lowest BCUT2D eigenvalue weighted by molar-refractivity contribution is 0.0929. The summed E-state index contributed by atoms with van der Waals surface area (Å²) in [6.45, 7) is 0.0739. The lowest BCUT2D eigenvalue weighted by Gasteiger charge is -2.22. The van der Waals surface area contributed by atoms with E-state index in [1.807, 2.05) is 0 Å². The Morgan fingerprint density at radius 3 is 2.82 bits per heavy atom. The van der Waals surface area contributed by atoms with E-state index in [4.69, 9.17) is 0 Å². The first-order valence-corrected chi connectivity index (χ1v) is 9.44. The summed E-state index contributed by atoms with van der Waals surface area (Å²) in [5, 5.41) is 10.2. The van der Waals surface area contributed by atoms with E-state index in [1.165, 1.54) is 29.3 Å². The minimum absolute atomic E-state index is 0.0739. The zero-order chi connectivity index (χ0) is 19.5. The van der Waals surface area contributed by atoms with Gasteiger partial charge in [-0.25, -0.2) is 18.3 Å². The lowest BCUT2D eigenvalue weighted by atomic mass is 9.95. The highest BCUT2D eigenvalue weighted by Crippen LogP contribution is 2.19. The molecule has 1 aliphatic rings. The van der Waals surface area contributed by atoms with Crippen LogP contribution in [-0.2, 0) is 6.54 Å². The van der Waals surface area contributed by atoms with Crippen molar-refractivity contribution >= 4 is 17.4 Å². The van der Waals surface area contributed by atoms with Gasteiger partial charge in [-0.2, -0.15) is 5.10 Å². The zero-order valence-electron chi connectivity index (χ0n) is 15.3. The number of rotatable bonds is 5. The van der Waals surface area contributed by atoms with Crippen LogP contribution in [0.3, 0.4) is 0 Å². The third kappa shape index (κ3) is 3.81. The number of amides is 1. The molecule has 1 fully saturated rings. The molecule has 2 N–H and O–H groups in total. The highest BCUT2D eigenvalue weighted by atomic mass is 19.2. The van der Waals surface area contributed by atoms with E-state index in [0.29, 0.717) is 17.0 Å². The number of nitrogens with one attached hydrogen (secondary N) is 2. The Bertz CT molecular complexity index is 997. The molecule has 8 heteroatoms. The van der Waals surface area contributed by atoms with Crippen molar-refractivity contribution in [2.75, 3.05) is 5.32 Å². The van der Waals surface area contributed by atoms with E-state index in [2.05, 4.69) is 20.7 Å². The van der Waals surface area contributed by atoms with Gasteiger partial charge in [-0.1, -0.05) is 31.4 Å². The number of anilines is 1. The van der Waals surface area contributed by atoms with Crippen molar-refractivity contribution in [2.45, 2.75) is 44.7 Å². The molecule has 28 heavy (non-hydrogen) atoms. The van der Waals surface area contributed by atoms with Crippen LogP contribution < -0.4 is 10.6 Å². The first-order valence-electron chi connectivity index (χ1n) is 9.44. The molecular formula is C20H21F2N5O. The minimum atomic E-state index is -0.889. The Hall–Kier alpha value is -3.03. The van der Waals surface area contributed by atoms with Crippen molar-refractivity contribution in [3.63, 3.8) is 0 Å². The highest BCUT2D eigenvalue weighted by molar-refractivity contribution is 5.99. The number of carbonyl (C=O) groups excluding carboxylic acids is 1. The van der Waals surface area contributed by atoms with Gasteiger partial charge in [-0.15, -0.1) is 0 Å². The van der Waals surface area contributed by atoms with Gasteiger partial charge >= 0.3 is 0 Å². The number of aromatic nitrogens is 3. The second-order valence-electron chi connectivity index (χ2n) is 7.01. The Balaban J connectivity index is 1.50. The number of carbonyl (C=O) groups is 1. The topological polar surface area (TPSA) is 71.3 Å². The number of nitrogens with zero attached hydrogens (tertiary/aromatic N) is 3. The van der Waals surface area contributed by atoms with Gasteiger partial charge in [-0.3, -0.25) is 4.79 Å². The molecule has 0 saturated heterocycles. The molecule has 146 valence electrons. The van der Waals surface area contributed by atoms with Crippen molar-refractivity contribution in [2.24, 2.45) is 0 Å². The second-order valence-corrected chi connectivity index (χ2v) is 7.01. The van der Waals surface area contributed by atoms with Crippen LogP contribution in [0.2, 0.25) is 0 Å². The van der Waals surface area contributed by atoms with Crippen LogP contribution in [-0.4, -0.2) is 26.5 Å². The van der Waals surface area contributed by atoms with Gasteiger partial charge in [0.25, 0.3) is 5.91 Å². The SMILES string of the molecule is O=C(NC1CCCCC1)c1cnn2ccc(NCc3cccc(F)c3F)nc12. The van der Waals surface area contributed by atoms with Crippen molar-refractivity contribution in [3.8, 4) is 0 Å². The van der Waals surface area contributed by atoms with E-state index in [9.17, 15) is 13.6 Å². The quantitative estimate of drug-likeness (QED) is 0.703. The predicted molar refractivity (Wildman–Crippen MR) is 101 cm³/mol. The van der Waals surface area contributed by atoms with Crippen molar-refractivity contribution in [1.29, 1.82) is 0 Å². The molecule has 1 aliphatic carbocycles. The van der Waals surface area contributed by atoms with Crippen LogP contribution in [0.5, 0.6) is 0 Å². The highest BCUT2D eigenvalue weighted by Gasteiger charge is 2.20. The van der Waals surface area contributed by atoms with Crippen LogP contribution in [0, 0.1) is 11.6 Å². The number of benzene rings is 1. The maximum Gasteiger partial charge on any atom is 0.256 e. The molecule has 0 atom stereocenters. The molecule has 1 amide bonds. The average molecular weight is 385 g/mol. The molecular weight excluding hydrogens is 364 g/mol. The Labute approximate surface area is 161 Å². The molecule has 0 spiro atoms. The third-order valence-corrected chi connectivity index (χ3v) is 5.05. The van der Waals surface area contributed by atoms with Crippen molar-refractivity contribution in [1.82, 2.24) is 19.9 Å². The minimum Gasteiger partial charge on any atom is -0.366 e. The van der Waals surface area contributed by atoms with Gasteiger partial charge in [0.1, 0.15) is 11.4 Å². The van der Waals surface area contributed by atoms with Crippen LogP contribution in [0.25, 0.3) is 5.65 Å². The number of halogens is 2. The predicted octanol–water partition coefficient (Wildman–Crippen LogP) is 3.68. The smallest absolute Gasteiger partial charge is 0.256 e. The van der Waals surface area contributed by atoms with Gasteiger partial charge in [0.2, 0.25) is 0 Å². The van der Waals surface area contributed by atoms with Gasteiger partial charge < -0.3 is 10.6 Å². The fourth-order valence-corrected chi connectivity index (χ4v) is 3.51. The average Bonchev–Trinajstić information content (AvgIpc) is 3.13. The first kappa shape index (κ1) is 18.3. The van der Waals surface area contributed by atoms with Gasteiger partial charge in [0.15, 0.2) is 17.3 Å². The van der Waals surface area contributed by atoms with E-state index in [1.54, 1.807) is 12.3 Å². The zero-order valence-corrected chi connectivity index (χ0v) is 15.3. The Morgan fingerprint density at radius 1 is 1.18 bits per heavy atom. The van der Waals surface area contributed by atoms with Crippen LogP contribution in [0.1, 0.15) is 48.0 Å². The monoisotopic (exact) mass is 385 g/mol. The Kier molecular flexibility index (Phi) is 5.18. The van der Waals surface area contributed by atoms with E-state index in [-0.39, 0.29) is 24.1 Å². The summed E-state index contributed by atoms with van der Waals surface area (Å²) in [4.78, 5) is 17.1. The van der Waals surface area contributed by atoms with Crippen molar-refractivity contribution < 1.29 is 13.6 Å². The second kappa shape index (κ2) is 7.92. The maximum atomic E-state index is 13.8. The molecule has 0 radical (unpaired) electrons. The molecule has 0 bridgehead atoms. The third-order valence-electron chi connectivity index (χ3n) is 5.05. The summed E-state index contributed by atoms with van der Waals surface area (Å²) < 4.78 is 28.6. The van der Waals surface area contributed by atoms with Gasteiger partial charge in [-0.05, 0) is 25.0 Å². The summed E-state index contributed by atoms with van der Waals surface area (Å²) in [5.74, 6) is -1.51. The van der Waals surface area contributed by atoms with Crippen molar-refractivity contribution in [3.05, 3.63) is 59.4 Å². The number of hydrogen-bond acceptors (Lipinski definition) is 4. The standard InChI is InChI=1S/C20H21F2N5O/c21-16-8-4-5-13(18(16)22)11-23-17-9-10-27-19(26-17)15(12-24-27)20(28)25-14-6-2-1-3-7-14/h4-5,8-10,12,14H,1-3,6-7,11H2,(H,23,26)(H,25,28). The molecule has 2 aromatic heterocycles. The van der Waals surface area contributed by atoms with Gasteiger partial charge in [0, 0.05) is 24.3 Å². The van der Waals surface area contributed by atoms with Crippen LogP contribution in [0.15, 0.2) is 36.7 Å². The van der Waals surface area contributed by atoms with Crippen LogP contribution >= 0.6 is 0 Å². The summed E-state index contributed by atoms with van der Waals surface area (Å²) in [7, 11) is 0. The molecule has 3 aromatic rings. The molecule has 0 aliphatic heterocycles. The number of fused-ring (bicyclic) bond motifs is 1. The molecule has 1 aromatic carbocycles. The van der Waals surface area contributed by atoms with Gasteiger partial charge in [0.05, 0.1) is 6.20 Å².